The number of rotatable bonds is 4. The van der Waals surface area contributed by atoms with E-state index in [9.17, 15) is 9.59 Å². The summed E-state index contributed by atoms with van der Waals surface area (Å²) in [5.41, 5.74) is 4.48. The zero-order valence-electron chi connectivity index (χ0n) is 14.7. The van der Waals surface area contributed by atoms with Gasteiger partial charge >= 0.3 is 6.03 Å². The summed E-state index contributed by atoms with van der Waals surface area (Å²) in [5.74, 6) is 0.0898. The molecule has 3 amide bonds. The number of likely N-dealkylation sites (N-methyl/N-ethyl adjacent to an activating group) is 1. The highest BCUT2D eigenvalue weighted by molar-refractivity contribution is 9.10. The van der Waals surface area contributed by atoms with E-state index in [1.54, 1.807) is 11.9 Å². The molecule has 3 heterocycles. The van der Waals surface area contributed by atoms with Gasteiger partial charge in [-0.15, -0.1) is 0 Å². The maximum atomic E-state index is 12.1. The number of carbonyl (C=O) groups excluding carboxylic acids is 2. The van der Waals surface area contributed by atoms with Crippen LogP contribution < -0.4 is 15.5 Å². The molecule has 7 nitrogen and oxygen atoms in total. The average Bonchev–Trinajstić information content (AvgIpc) is 3.20. The van der Waals surface area contributed by atoms with Crippen molar-refractivity contribution in [1.82, 2.24) is 20.0 Å². The molecule has 0 bridgehead atoms. The molecule has 4 rings (SSSR count). The van der Waals surface area contributed by atoms with Gasteiger partial charge in [-0.1, -0.05) is 12.1 Å². The van der Waals surface area contributed by atoms with E-state index >= 15 is 0 Å². The number of benzene rings is 1. The van der Waals surface area contributed by atoms with Gasteiger partial charge in [-0.2, -0.15) is 0 Å². The van der Waals surface area contributed by atoms with Gasteiger partial charge in [0, 0.05) is 31.7 Å². The Morgan fingerprint density at radius 2 is 2.07 bits per heavy atom. The molecule has 0 atom stereocenters. The number of amides is 3. The Bertz CT molecular complexity index is 1050. The molecule has 0 fully saturated rings. The van der Waals surface area contributed by atoms with Gasteiger partial charge in [0.15, 0.2) is 5.65 Å². The number of fused-ring (bicyclic) bond motifs is 2. The molecule has 27 heavy (non-hydrogen) atoms. The van der Waals surface area contributed by atoms with Crippen LogP contribution in [0.2, 0.25) is 0 Å². The lowest BCUT2D eigenvalue weighted by molar-refractivity contribution is -0.117. The van der Waals surface area contributed by atoms with Crippen LogP contribution in [0.15, 0.2) is 47.2 Å². The van der Waals surface area contributed by atoms with Crippen molar-refractivity contribution in [2.75, 3.05) is 11.9 Å². The van der Waals surface area contributed by atoms with Crippen molar-refractivity contribution in [1.29, 1.82) is 0 Å². The van der Waals surface area contributed by atoms with Gasteiger partial charge in [0.1, 0.15) is 0 Å². The van der Waals surface area contributed by atoms with E-state index in [2.05, 4.69) is 31.5 Å². The van der Waals surface area contributed by atoms with E-state index in [-0.39, 0.29) is 11.9 Å². The van der Waals surface area contributed by atoms with E-state index in [0.717, 1.165) is 32.6 Å². The molecular weight excluding hydrogens is 410 g/mol. The summed E-state index contributed by atoms with van der Waals surface area (Å²) in [5, 5.41) is 5.65. The van der Waals surface area contributed by atoms with Crippen LogP contribution in [0.3, 0.4) is 0 Å². The minimum atomic E-state index is -0.264. The lowest BCUT2D eigenvalue weighted by Crippen LogP contribution is -2.34. The number of hydrogen-bond donors (Lipinski definition) is 2. The highest BCUT2D eigenvalue weighted by Crippen LogP contribution is 2.28. The number of urea groups is 1. The molecule has 2 N–H and O–H groups in total. The standard InChI is InChI=1S/C19H18BrN5O2/c1-24-16-5-4-12(7-13(16)8-17(24)26)9-21-19(27)22-10-14-11-25-6-2-3-15(20)18(25)23-14/h2-7,11H,8-10H2,1H3,(H2,21,22,27). The second-order valence-corrected chi connectivity index (χ2v) is 7.30. The van der Waals surface area contributed by atoms with E-state index in [0.29, 0.717) is 19.5 Å². The van der Waals surface area contributed by atoms with Gasteiger partial charge < -0.3 is 19.9 Å². The van der Waals surface area contributed by atoms with Crippen LogP contribution in [0.4, 0.5) is 10.5 Å². The zero-order valence-corrected chi connectivity index (χ0v) is 16.3. The third-order valence-corrected chi connectivity index (χ3v) is 5.21. The van der Waals surface area contributed by atoms with E-state index in [1.165, 1.54) is 0 Å². The molecule has 0 aliphatic carbocycles. The lowest BCUT2D eigenvalue weighted by atomic mass is 10.1. The minimum absolute atomic E-state index is 0.0898. The number of nitrogens with zero attached hydrogens (tertiary/aromatic N) is 3. The maximum absolute atomic E-state index is 12.1. The Hall–Kier alpha value is -2.87. The second-order valence-electron chi connectivity index (χ2n) is 6.45. The number of aromatic nitrogens is 2. The first-order valence-electron chi connectivity index (χ1n) is 8.53. The molecule has 1 aliphatic heterocycles. The summed E-state index contributed by atoms with van der Waals surface area (Å²) in [6, 6.07) is 9.40. The molecular formula is C19H18BrN5O2. The molecule has 3 aromatic rings. The predicted octanol–water partition coefficient (Wildman–Crippen LogP) is 2.62. The van der Waals surface area contributed by atoms with Gasteiger partial charge in [-0.05, 0) is 45.3 Å². The first-order valence-corrected chi connectivity index (χ1v) is 9.33. The number of anilines is 1. The number of hydrogen-bond acceptors (Lipinski definition) is 3. The fraction of sp³-hybridized carbons (Fsp3) is 0.211. The summed E-state index contributed by atoms with van der Waals surface area (Å²) in [4.78, 5) is 30.0. The van der Waals surface area contributed by atoms with Crippen LogP contribution in [0, 0.1) is 0 Å². The highest BCUT2D eigenvalue weighted by Gasteiger charge is 2.23. The third-order valence-electron chi connectivity index (χ3n) is 4.59. The van der Waals surface area contributed by atoms with Gasteiger partial charge in [-0.25, -0.2) is 9.78 Å². The molecule has 0 spiro atoms. The number of pyridine rings is 1. The van der Waals surface area contributed by atoms with E-state index in [1.807, 2.05) is 47.1 Å². The predicted molar refractivity (Wildman–Crippen MR) is 106 cm³/mol. The van der Waals surface area contributed by atoms with Crippen LogP contribution in [0.5, 0.6) is 0 Å². The first kappa shape index (κ1) is 17.5. The van der Waals surface area contributed by atoms with Crippen LogP contribution in [0.25, 0.3) is 5.65 Å². The van der Waals surface area contributed by atoms with Crippen molar-refractivity contribution in [2.24, 2.45) is 0 Å². The Morgan fingerprint density at radius 3 is 2.89 bits per heavy atom. The van der Waals surface area contributed by atoms with Crippen LogP contribution in [-0.4, -0.2) is 28.4 Å². The van der Waals surface area contributed by atoms with Crippen LogP contribution in [-0.2, 0) is 24.3 Å². The SMILES string of the molecule is CN1C(=O)Cc2cc(CNC(=O)NCc3cn4cccc(Br)c4n3)ccc21. The molecule has 0 unspecified atom stereocenters. The molecule has 0 saturated carbocycles. The molecule has 8 heteroatoms. The van der Waals surface area contributed by atoms with Crippen molar-refractivity contribution in [2.45, 2.75) is 19.5 Å². The Balaban J connectivity index is 1.33. The van der Waals surface area contributed by atoms with Crippen molar-refractivity contribution in [3.63, 3.8) is 0 Å². The average molecular weight is 428 g/mol. The summed E-state index contributed by atoms with van der Waals surface area (Å²) in [6.45, 7) is 0.733. The summed E-state index contributed by atoms with van der Waals surface area (Å²) in [7, 11) is 1.78. The molecule has 138 valence electrons. The number of halogens is 1. The molecule has 1 aliphatic rings. The molecule has 0 radical (unpaired) electrons. The zero-order chi connectivity index (χ0) is 19.0. The van der Waals surface area contributed by atoms with Crippen LogP contribution >= 0.6 is 15.9 Å². The number of nitrogens with one attached hydrogen (secondary N) is 2. The third kappa shape index (κ3) is 3.52. The first-order chi connectivity index (χ1) is 13.0. The summed E-state index contributed by atoms with van der Waals surface area (Å²) < 4.78 is 2.81. The smallest absolute Gasteiger partial charge is 0.315 e. The van der Waals surface area contributed by atoms with E-state index < -0.39 is 0 Å². The Morgan fingerprint density at radius 1 is 1.26 bits per heavy atom. The lowest BCUT2D eigenvalue weighted by Gasteiger charge is -2.11. The topological polar surface area (TPSA) is 78.7 Å². The summed E-state index contributed by atoms with van der Waals surface area (Å²) >= 11 is 3.46. The van der Waals surface area contributed by atoms with Gasteiger partial charge in [0.25, 0.3) is 0 Å². The molecule has 0 saturated heterocycles. The van der Waals surface area contributed by atoms with Crippen molar-refractivity contribution >= 4 is 39.2 Å². The van der Waals surface area contributed by atoms with Crippen molar-refractivity contribution < 1.29 is 9.59 Å². The fourth-order valence-electron chi connectivity index (χ4n) is 3.16. The van der Waals surface area contributed by atoms with Crippen molar-refractivity contribution in [3.8, 4) is 0 Å². The van der Waals surface area contributed by atoms with Gasteiger partial charge in [0.05, 0.1) is 23.1 Å². The maximum Gasteiger partial charge on any atom is 0.315 e. The number of imidazole rings is 1. The van der Waals surface area contributed by atoms with Gasteiger partial charge in [-0.3, -0.25) is 4.79 Å². The minimum Gasteiger partial charge on any atom is -0.334 e. The van der Waals surface area contributed by atoms with Gasteiger partial charge in [0.2, 0.25) is 5.91 Å². The van der Waals surface area contributed by atoms with Crippen molar-refractivity contribution in [3.05, 3.63) is 64.0 Å². The summed E-state index contributed by atoms with van der Waals surface area (Å²) in [6.07, 6.45) is 4.20. The molecule has 1 aromatic carbocycles. The Kier molecular flexibility index (Phi) is 4.57. The normalized spacial score (nSPS) is 13.1. The van der Waals surface area contributed by atoms with E-state index in [4.69, 9.17) is 0 Å². The molecule has 2 aromatic heterocycles. The Labute approximate surface area is 164 Å². The highest BCUT2D eigenvalue weighted by atomic mass is 79.9. The van der Waals surface area contributed by atoms with Crippen LogP contribution in [0.1, 0.15) is 16.8 Å². The number of carbonyl (C=O) groups is 2. The monoisotopic (exact) mass is 427 g/mol. The second kappa shape index (κ2) is 7.03. The largest absolute Gasteiger partial charge is 0.334 e. The quantitative estimate of drug-likeness (QED) is 0.671. The fourth-order valence-corrected chi connectivity index (χ4v) is 3.61.